The smallest absolute Gasteiger partial charge is 0.425 e. The van der Waals surface area contributed by atoms with Crippen LogP contribution in [0, 0.1) is 29.6 Å². The van der Waals surface area contributed by atoms with E-state index in [0.717, 1.165) is 17.9 Å². The number of nitrogens with one attached hydrogen (secondary N) is 1. The number of hydrogen-bond acceptors (Lipinski definition) is 5. The van der Waals surface area contributed by atoms with Gasteiger partial charge < -0.3 is 19.8 Å². The molecule has 0 bridgehead atoms. The van der Waals surface area contributed by atoms with Gasteiger partial charge in [0.05, 0.1) is 6.61 Å². The van der Waals surface area contributed by atoms with Crippen LogP contribution in [-0.2, 0) is 25.7 Å². The number of phosphoric acid groups is 1. The largest absolute Gasteiger partial charge is 0.469 e. The fourth-order valence-electron chi connectivity index (χ4n) is 8.12. The van der Waals surface area contributed by atoms with Crippen LogP contribution in [0.2, 0.25) is 0 Å². The maximum Gasteiger partial charge on any atom is 0.469 e. The first-order valence-corrected chi connectivity index (χ1v) is 14.0. The predicted octanol–water partition coefficient (Wildman–Crippen LogP) is 4.65. The van der Waals surface area contributed by atoms with E-state index in [1.54, 1.807) is 0 Å². The molecule has 0 saturated heterocycles. The van der Waals surface area contributed by atoms with Crippen molar-refractivity contribution in [1.29, 1.82) is 0 Å². The summed E-state index contributed by atoms with van der Waals surface area (Å²) in [5.74, 6) is 1.15. The fraction of sp³-hybridized carbons (Fsp3) is 0.731. The molecule has 0 aliphatic heterocycles. The lowest BCUT2D eigenvalue weighted by Crippen LogP contribution is -2.55. The quantitative estimate of drug-likeness (QED) is 0.301. The summed E-state index contributed by atoms with van der Waals surface area (Å²) >= 11 is 0. The first-order valence-electron chi connectivity index (χ1n) is 12.4. The molecular formula is C26H40NO6P. The van der Waals surface area contributed by atoms with Gasteiger partial charge in [-0.3, -0.25) is 4.52 Å². The Morgan fingerprint density at radius 3 is 2.53 bits per heavy atom. The number of ether oxygens (including phenoxy) is 1. The van der Waals surface area contributed by atoms with Crippen LogP contribution in [0.3, 0.4) is 0 Å². The normalized spacial score (nSPS) is 32.9. The molecule has 3 aliphatic carbocycles. The molecule has 190 valence electrons. The van der Waals surface area contributed by atoms with Crippen LogP contribution in [0.1, 0.15) is 76.5 Å². The first-order chi connectivity index (χ1) is 15.7. The molecule has 2 fully saturated rings. The van der Waals surface area contributed by atoms with Crippen molar-refractivity contribution in [1.82, 2.24) is 5.32 Å². The average molecular weight is 494 g/mol. The van der Waals surface area contributed by atoms with Crippen molar-refractivity contribution in [3.8, 4) is 5.75 Å². The summed E-state index contributed by atoms with van der Waals surface area (Å²) in [7, 11) is -3.15. The van der Waals surface area contributed by atoms with E-state index < -0.39 is 26.4 Å². The fourth-order valence-corrected chi connectivity index (χ4v) is 8.46. The number of fused-ring (bicyclic) bond motifs is 5. The highest BCUT2D eigenvalue weighted by molar-refractivity contribution is 7.46. The Hall–Kier alpha value is -1.24. The number of benzene rings is 1. The Morgan fingerprint density at radius 1 is 1.18 bits per heavy atom. The van der Waals surface area contributed by atoms with Gasteiger partial charge in [0.15, 0.2) is 0 Å². The van der Waals surface area contributed by atoms with E-state index in [4.69, 9.17) is 14.5 Å². The van der Waals surface area contributed by atoms with Gasteiger partial charge in [-0.1, -0.05) is 34.1 Å². The van der Waals surface area contributed by atoms with Crippen molar-refractivity contribution in [2.75, 3.05) is 13.7 Å². The van der Waals surface area contributed by atoms with Crippen LogP contribution < -0.4 is 10.1 Å². The monoisotopic (exact) mass is 493 g/mol. The zero-order valence-electron chi connectivity index (χ0n) is 21.3. The molecule has 1 aromatic carbocycles. The van der Waals surface area contributed by atoms with E-state index in [0.29, 0.717) is 22.5 Å². The van der Waals surface area contributed by atoms with Gasteiger partial charge >= 0.3 is 13.8 Å². The van der Waals surface area contributed by atoms with Gasteiger partial charge in [0.25, 0.3) is 0 Å². The van der Waals surface area contributed by atoms with E-state index in [1.165, 1.54) is 50.3 Å². The number of aryl methyl sites for hydroxylation is 1. The van der Waals surface area contributed by atoms with Crippen molar-refractivity contribution in [3.63, 3.8) is 0 Å². The van der Waals surface area contributed by atoms with E-state index in [1.807, 2.05) is 12.1 Å². The maximum absolute atomic E-state index is 12.7. The van der Waals surface area contributed by atoms with Crippen LogP contribution in [0.25, 0.3) is 0 Å². The second kappa shape index (κ2) is 8.70. The molecular weight excluding hydrogens is 453 g/mol. The van der Waals surface area contributed by atoms with Gasteiger partial charge in [0, 0.05) is 0 Å². The molecule has 3 unspecified atom stereocenters. The number of phosphoric ester groups is 1. The molecule has 0 heterocycles. The molecule has 3 aliphatic rings. The average Bonchev–Trinajstić information content (AvgIpc) is 3.01. The molecule has 7 nitrogen and oxygen atoms in total. The Kier molecular flexibility index (Phi) is 6.61. The van der Waals surface area contributed by atoms with Gasteiger partial charge in [-0.05, 0) is 103 Å². The number of rotatable bonds is 6. The van der Waals surface area contributed by atoms with Crippen LogP contribution in [0.5, 0.6) is 5.75 Å². The number of hydrogen-bond donors (Lipinski definition) is 3. The third-order valence-corrected chi connectivity index (χ3v) is 9.93. The van der Waals surface area contributed by atoms with Crippen LogP contribution in [0.4, 0.5) is 0 Å². The highest BCUT2D eigenvalue weighted by atomic mass is 31.2. The lowest BCUT2D eigenvalue weighted by Gasteiger charge is -2.61. The van der Waals surface area contributed by atoms with Gasteiger partial charge in [0.1, 0.15) is 11.8 Å². The second-order valence-corrected chi connectivity index (χ2v) is 13.2. The number of esters is 1. The van der Waals surface area contributed by atoms with Gasteiger partial charge in [0.2, 0.25) is 0 Å². The minimum atomic E-state index is -4.67. The summed E-state index contributed by atoms with van der Waals surface area (Å²) < 4.78 is 21.2. The lowest BCUT2D eigenvalue weighted by molar-refractivity contribution is -0.137. The molecule has 0 amide bonds. The molecule has 2 saturated carbocycles. The summed E-state index contributed by atoms with van der Waals surface area (Å²) in [5, 5.41) is 2.71. The predicted molar refractivity (Wildman–Crippen MR) is 131 cm³/mol. The van der Waals surface area contributed by atoms with Crippen LogP contribution in [0.15, 0.2) is 12.1 Å². The Morgan fingerprint density at radius 2 is 1.88 bits per heavy atom. The van der Waals surface area contributed by atoms with Crippen LogP contribution >= 0.6 is 7.82 Å². The summed E-state index contributed by atoms with van der Waals surface area (Å²) in [6.07, 6.45) is 7.32. The standard InChI is InChI=1S/C26H40NO6P/c1-16-12-18(33-23(28)19(27-6)15-32-34(29,30)31)13-17-14-21-25(4)10-7-9-24(2,3)20(25)8-11-26(21,5)22(16)17/h12-13,19-21,27H,7-11,14-15H2,1-6H3,(H2,29,30,31)/t19?,20?,21-,25+,26?/m1/s1. The minimum absolute atomic E-state index is 0.130. The Bertz CT molecular complexity index is 1020. The summed E-state index contributed by atoms with van der Waals surface area (Å²) in [6, 6.07) is 2.96. The summed E-state index contributed by atoms with van der Waals surface area (Å²) in [5.41, 5.74) is 4.65. The third-order valence-electron chi connectivity index (χ3n) is 9.44. The summed E-state index contributed by atoms with van der Waals surface area (Å²) in [4.78, 5) is 30.6. The van der Waals surface area contributed by atoms with Crippen molar-refractivity contribution >= 4 is 13.8 Å². The van der Waals surface area contributed by atoms with Crippen molar-refractivity contribution in [2.45, 2.75) is 84.6 Å². The van der Waals surface area contributed by atoms with Gasteiger partial charge in [-0.25, -0.2) is 9.36 Å². The minimum Gasteiger partial charge on any atom is -0.425 e. The van der Waals surface area contributed by atoms with Crippen molar-refractivity contribution in [3.05, 3.63) is 28.8 Å². The highest BCUT2D eigenvalue weighted by Gasteiger charge is 2.61. The molecule has 3 N–H and O–H groups in total. The zero-order chi connectivity index (χ0) is 25.1. The number of carbonyl (C=O) groups is 1. The van der Waals surface area contributed by atoms with Crippen LogP contribution in [-0.4, -0.2) is 35.5 Å². The molecule has 0 radical (unpaired) electrons. The molecule has 1 aromatic rings. The molecule has 8 heteroatoms. The van der Waals surface area contributed by atoms with E-state index in [2.05, 4.69) is 44.5 Å². The van der Waals surface area contributed by atoms with E-state index in [9.17, 15) is 9.36 Å². The zero-order valence-corrected chi connectivity index (χ0v) is 22.2. The lowest BCUT2D eigenvalue weighted by atomic mass is 9.43. The topological polar surface area (TPSA) is 105 Å². The molecule has 34 heavy (non-hydrogen) atoms. The highest BCUT2D eigenvalue weighted by Crippen LogP contribution is 2.67. The summed E-state index contributed by atoms with van der Waals surface area (Å²) in [6.45, 7) is 11.5. The van der Waals surface area contributed by atoms with Gasteiger partial charge in [-0.2, -0.15) is 0 Å². The molecule has 0 aromatic heterocycles. The maximum atomic E-state index is 12.7. The second-order valence-electron chi connectivity index (χ2n) is 11.9. The van der Waals surface area contributed by atoms with E-state index in [-0.39, 0.29) is 5.41 Å². The Labute approximate surface area is 203 Å². The molecule has 0 spiro atoms. The van der Waals surface area contributed by atoms with Crippen molar-refractivity contribution < 1.29 is 28.4 Å². The molecule has 5 atom stereocenters. The van der Waals surface area contributed by atoms with Crippen molar-refractivity contribution in [2.24, 2.45) is 22.7 Å². The first kappa shape index (κ1) is 25.8. The Balaban J connectivity index is 1.59. The third kappa shape index (κ3) is 4.39. The van der Waals surface area contributed by atoms with Gasteiger partial charge in [-0.15, -0.1) is 0 Å². The molecule has 4 rings (SSSR count). The SMILES string of the molecule is CNC(COP(=O)(O)O)C(=O)Oc1cc(C)c2c(c1)C[C@H]1C2(C)CCC2C(C)(C)CCC[C@@]21C. The number of likely N-dealkylation sites (N-methyl/N-ethyl adjacent to an activating group) is 1. The van der Waals surface area contributed by atoms with E-state index >= 15 is 0 Å². The number of carbonyl (C=O) groups excluding carboxylic acids is 1.